The Morgan fingerprint density at radius 3 is 3.00 bits per heavy atom. The Bertz CT molecular complexity index is 928. The molecule has 1 aliphatic rings. The highest BCUT2D eigenvalue weighted by Gasteiger charge is 2.46. The molecule has 0 bridgehead atoms. The van der Waals surface area contributed by atoms with Gasteiger partial charge in [0.15, 0.2) is 11.9 Å². The molecule has 0 amide bonds. The monoisotopic (exact) mass is 381 g/mol. The van der Waals surface area contributed by atoms with Crippen LogP contribution in [0.1, 0.15) is 26.2 Å². The summed E-state index contributed by atoms with van der Waals surface area (Å²) in [6.07, 6.45) is 3.62. The van der Waals surface area contributed by atoms with Crippen molar-refractivity contribution in [3.8, 4) is 17.0 Å². The van der Waals surface area contributed by atoms with E-state index in [1.807, 2.05) is 0 Å². The summed E-state index contributed by atoms with van der Waals surface area (Å²) in [7, 11) is 0. The Morgan fingerprint density at radius 2 is 2.33 bits per heavy atom. The Hall–Kier alpha value is -2.85. The topological polar surface area (TPSA) is 93.0 Å². The van der Waals surface area contributed by atoms with E-state index in [4.69, 9.17) is 4.74 Å². The van der Waals surface area contributed by atoms with Crippen LogP contribution in [-0.2, 0) is 0 Å². The number of rotatable bonds is 6. The number of fused-ring (bicyclic) bond motifs is 1. The lowest BCUT2D eigenvalue weighted by molar-refractivity contribution is -0.0732. The van der Waals surface area contributed by atoms with E-state index in [2.05, 4.69) is 30.6 Å². The van der Waals surface area contributed by atoms with Gasteiger partial charge in [0.25, 0.3) is 5.92 Å². The third-order valence-corrected chi connectivity index (χ3v) is 4.43. The van der Waals surface area contributed by atoms with Crippen molar-refractivity contribution >= 4 is 11.6 Å². The Kier molecular flexibility index (Phi) is 4.36. The summed E-state index contributed by atoms with van der Waals surface area (Å²) in [5, 5.41) is 13.5. The van der Waals surface area contributed by atoms with Crippen molar-refractivity contribution in [2.45, 2.75) is 44.3 Å². The number of ether oxygens (including phenoxy) is 1. The summed E-state index contributed by atoms with van der Waals surface area (Å²) in [6, 6.07) is -0.493. The van der Waals surface area contributed by atoms with Crippen LogP contribution in [0.15, 0.2) is 18.7 Å². The Labute approximate surface area is 152 Å². The van der Waals surface area contributed by atoms with Crippen LogP contribution in [-0.4, -0.2) is 54.5 Å². The van der Waals surface area contributed by atoms with Crippen molar-refractivity contribution in [3.63, 3.8) is 0 Å². The molecule has 1 saturated carbocycles. The van der Waals surface area contributed by atoms with E-state index in [1.165, 1.54) is 17.0 Å². The zero-order valence-electron chi connectivity index (χ0n) is 14.5. The number of hydrogen-bond donors (Lipinski definition) is 2. The van der Waals surface area contributed by atoms with Gasteiger partial charge in [-0.25, -0.2) is 18.2 Å². The fourth-order valence-electron chi connectivity index (χ4n) is 3.03. The van der Waals surface area contributed by atoms with Crippen LogP contribution in [0.3, 0.4) is 0 Å². The summed E-state index contributed by atoms with van der Waals surface area (Å²) in [4.78, 5) is 8.58. The van der Waals surface area contributed by atoms with Crippen molar-refractivity contribution in [2.75, 3.05) is 12.0 Å². The molecule has 1 fully saturated rings. The van der Waals surface area contributed by atoms with Crippen LogP contribution < -0.4 is 10.1 Å². The summed E-state index contributed by atoms with van der Waals surface area (Å²) in [6.45, 7) is 1.03. The molecule has 0 spiro atoms. The normalized spacial score (nSPS) is 20.1. The minimum atomic E-state index is -2.93. The Balaban J connectivity index is 1.79. The number of anilines is 1. The van der Waals surface area contributed by atoms with Gasteiger partial charge >= 0.3 is 0 Å². The van der Waals surface area contributed by atoms with E-state index in [9.17, 15) is 13.2 Å². The molecule has 0 aliphatic heterocycles. The molecule has 11 heteroatoms. The lowest BCUT2D eigenvalue weighted by Crippen LogP contribution is -2.32. The average Bonchev–Trinajstić information content (AvgIpc) is 3.35. The number of nitrogens with one attached hydrogen (secondary N) is 2. The second-order valence-corrected chi connectivity index (χ2v) is 6.57. The molecule has 0 radical (unpaired) electrons. The molecule has 3 heterocycles. The molecular weight excluding hydrogens is 363 g/mol. The second kappa shape index (κ2) is 6.71. The number of aromatic amines is 1. The van der Waals surface area contributed by atoms with Crippen LogP contribution in [0.5, 0.6) is 5.75 Å². The van der Waals surface area contributed by atoms with Crippen LogP contribution in [0.4, 0.5) is 19.1 Å². The zero-order chi connectivity index (χ0) is 19.0. The first-order chi connectivity index (χ1) is 13.0. The average molecular weight is 381 g/mol. The van der Waals surface area contributed by atoms with Gasteiger partial charge < -0.3 is 10.1 Å². The number of alkyl halides is 3. The van der Waals surface area contributed by atoms with Gasteiger partial charge in [-0.05, 0) is 19.8 Å². The van der Waals surface area contributed by atoms with Gasteiger partial charge in [0, 0.05) is 18.2 Å². The second-order valence-electron chi connectivity index (χ2n) is 6.57. The molecule has 1 aliphatic carbocycles. The molecule has 2 atom stereocenters. The van der Waals surface area contributed by atoms with E-state index in [-0.39, 0.29) is 30.2 Å². The standard InChI is InChI=1S/C16H18F3N7O/c1-9(5-17)23-15-24-14-13(27-11-3-2-4-16(11,18)19)12(10-6-21-22-7-10)20-8-26(14)25-15/h6-9,11H,2-5H2,1H3,(H,21,22)(H,23,25)/t9-,11+/m0/s1. The number of nitrogens with zero attached hydrogens (tertiary/aromatic N) is 5. The van der Waals surface area contributed by atoms with E-state index in [0.29, 0.717) is 17.7 Å². The van der Waals surface area contributed by atoms with Crippen LogP contribution >= 0.6 is 0 Å². The van der Waals surface area contributed by atoms with Crippen LogP contribution in [0, 0.1) is 0 Å². The highest BCUT2D eigenvalue weighted by Crippen LogP contribution is 2.40. The van der Waals surface area contributed by atoms with Crippen molar-refractivity contribution < 1.29 is 17.9 Å². The molecule has 0 saturated heterocycles. The molecule has 2 N–H and O–H groups in total. The molecular formula is C16H18F3N7O. The maximum atomic E-state index is 14.1. The summed E-state index contributed by atoms with van der Waals surface area (Å²) >= 11 is 0. The fourth-order valence-corrected chi connectivity index (χ4v) is 3.03. The maximum absolute atomic E-state index is 14.1. The lowest BCUT2D eigenvalue weighted by Gasteiger charge is -2.21. The molecule has 27 heavy (non-hydrogen) atoms. The van der Waals surface area contributed by atoms with Crippen molar-refractivity contribution in [1.29, 1.82) is 0 Å². The molecule has 3 aromatic heterocycles. The lowest BCUT2D eigenvalue weighted by atomic mass is 10.2. The highest BCUT2D eigenvalue weighted by molar-refractivity contribution is 5.74. The third kappa shape index (κ3) is 3.28. The summed E-state index contributed by atoms with van der Waals surface area (Å²) < 4.78 is 48.1. The fraction of sp³-hybridized carbons (Fsp3) is 0.500. The van der Waals surface area contributed by atoms with Crippen molar-refractivity contribution in [3.05, 3.63) is 18.7 Å². The first kappa shape index (κ1) is 17.6. The van der Waals surface area contributed by atoms with Gasteiger partial charge in [-0.1, -0.05) is 0 Å². The molecule has 8 nitrogen and oxygen atoms in total. The van der Waals surface area contributed by atoms with E-state index < -0.39 is 24.7 Å². The number of H-pyrrole nitrogens is 1. The number of halogens is 3. The highest BCUT2D eigenvalue weighted by atomic mass is 19.3. The summed E-state index contributed by atoms with van der Waals surface area (Å²) in [5.41, 5.74) is 1.12. The zero-order valence-corrected chi connectivity index (χ0v) is 14.5. The number of hydrogen-bond acceptors (Lipinski definition) is 6. The van der Waals surface area contributed by atoms with Crippen LogP contribution in [0.2, 0.25) is 0 Å². The van der Waals surface area contributed by atoms with Gasteiger partial charge in [-0.3, -0.25) is 5.10 Å². The van der Waals surface area contributed by atoms with Gasteiger partial charge in [-0.2, -0.15) is 14.6 Å². The maximum Gasteiger partial charge on any atom is 0.284 e. The van der Waals surface area contributed by atoms with Gasteiger partial charge in [0.2, 0.25) is 11.6 Å². The summed E-state index contributed by atoms with van der Waals surface area (Å²) in [5.74, 6) is -2.67. The van der Waals surface area contributed by atoms with Crippen molar-refractivity contribution in [2.24, 2.45) is 0 Å². The van der Waals surface area contributed by atoms with E-state index in [1.54, 1.807) is 13.1 Å². The largest absolute Gasteiger partial charge is 0.478 e. The van der Waals surface area contributed by atoms with E-state index in [0.717, 1.165) is 0 Å². The predicted octanol–water partition coefficient (Wildman–Crippen LogP) is 2.85. The minimum Gasteiger partial charge on any atom is -0.478 e. The first-order valence-corrected chi connectivity index (χ1v) is 8.59. The van der Waals surface area contributed by atoms with Gasteiger partial charge in [0.1, 0.15) is 18.7 Å². The van der Waals surface area contributed by atoms with E-state index >= 15 is 0 Å². The van der Waals surface area contributed by atoms with Crippen LogP contribution in [0.25, 0.3) is 16.9 Å². The minimum absolute atomic E-state index is 0.0962. The first-order valence-electron chi connectivity index (χ1n) is 8.59. The SMILES string of the molecule is C[C@@H](CF)Nc1nc2c(O[C@@H]3CCCC3(F)F)c(-c3cn[nH]c3)ncn2n1. The molecule has 4 rings (SSSR count). The Morgan fingerprint density at radius 1 is 1.48 bits per heavy atom. The molecule has 0 aromatic carbocycles. The van der Waals surface area contributed by atoms with Crippen molar-refractivity contribution in [1.82, 2.24) is 29.8 Å². The van der Waals surface area contributed by atoms with Gasteiger partial charge in [-0.15, -0.1) is 5.10 Å². The quantitative estimate of drug-likeness (QED) is 0.682. The molecule has 3 aromatic rings. The third-order valence-electron chi connectivity index (χ3n) is 4.43. The number of aromatic nitrogens is 6. The molecule has 144 valence electrons. The van der Waals surface area contributed by atoms with Gasteiger partial charge in [0.05, 0.1) is 12.2 Å². The smallest absolute Gasteiger partial charge is 0.284 e. The predicted molar refractivity (Wildman–Crippen MR) is 90.6 cm³/mol. The molecule has 0 unspecified atom stereocenters.